The van der Waals surface area contributed by atoms with Crippen LogP contribution in [0.3, 0.4) is 0 Å². The van der Waals surface area contributed by atoms with Gasteiger partial charge in [-0.3, -0.25) is 0 Å². The fourth-order valence-electron chi connectivity index (χ4n) is 1.13. The van der Waals surface area contributed by atoms with Crippen LogP contribution in [0.2, 0.25) is 0 Å². The average molecular weight is 161 g/mol. The Morgan fingerprint density at radius 1 is 1.33 bits per heavy atom. The first-order valence-electron chi connectivity index (χ1n) is 4.14. The number of allylic oxidation sites excluding steroid dienone is 1. The van der Waals surface area contributed by atoms with Crippen LogP contribution in [0.5, 0.6) is 0 Å². The van der Waals surface area contributed by atoms with Crippen molar-refractivity contribution in [3.63, 3.8) is 0 Å². The zero-order valence-electron chi connectivity index (χ0n) is 7.23. The highest BCUT2D eigenvalue weighted by Crippen LogP contribution is 2.15. The van der Waals surface area contributed by atoms with Gasteiger partial charge < -0.3 is 0 Å². The molecular formula is C11H13O. The quantitative estimate of drug-likeness (QED) is 0.607. The van der Waals surface area contributed by atoms with Crippen LogP contribution in [0.1, 0.15) is 18.4 Å². The zero-order valence-corrected chi connectivity index (χ0v) is 7.23. The Balaban J connectivity index is 2.65. The highest BCUT2D eigenvalue weighted by Gasteiger charge is 1.97. The van der Waals surface area contributed by atoms with E-state index in [1.807, 2.05) is 24.3 Å². The van der Waals surface area contributed by atoms with E-state index < -0.39 is 0 Å². The molecule has 1 unspecified atom stereocenters. The molecule has 12 heavy (non-hydrogen) atoms. The monoisotopic (exact) mass is 161 g/mol. The third-order valence-corrected chi connectivity index (χ3v) is 1.85. The molecule has 0 bridgehead atoms. The summed E-state index contributed by atoms with van der Waals surface area (Å²) in [5.74, 6) is 0.347. The molecule has 1 aromatic carbocycles. The van der Waals surface area contributed by atoms with Crippen LogP contribution in [0.15, 0.2) is 42.5 Å². The van der Waals surface area contributed by atoms with Gasteiger partial charge in [0.15, 0.2) is 0 Å². The number of benzene rings is 1. The van der Waals surface area contributed by atoms with Crippen molar-refractivity contribution in [2.24, 2.45) is 0 Å². The Kier molecular flexibility index (Phi) is 3.55. The molecule has 1 atom stereocenters. The van der Waals surface area contributed by atoms with Crippen LogP contribution in [0.25, 0.3) is 0 Å². The van der Waals surface area contributed by atoms with Gasteiger partial charge in [0.25, 0.3) is 0 Å². The normalized spacial score (nSPS) is 13.5. The van der Waals surface area contributed by atoms with Crippen molar-refractivity contribution < 1.29 is 5.11 Å². The molecule has 0 aliphatic carbocycles. The molecule has 0 aromatic heterocycles. The van der Waals surface area contributed by atoms with Gasteiger partial charge in [-0.05, 0) is 11.5 Å². The summed E-state index contributed by atoms with van der Waals surface area (Å²) < 4.78 is 0. The predicted molar refractivity (Wildman–Crippen MR) is 49.6 cm³/mol. The van der Waals surface area contributed by atoms with Gasteiger partial charge in [0.05, 0.1) is 0 Å². The maximum Gasteiger partial charge on any atom is 0.100 e. The molecule has 0 spiro atoms. The maximum absolute atomic E-state index is 10.2. The van der Waals surface area contributed by atoms with Gasteiger partial charge in [0.1, 0.15) is 6.61 Å². The van der Waals surface area contributed by atoms with Gasteiger partial charge in [0, 0.05) is 0 Å². The van der Waals surface area contributed by atoms with Gasteiger partial charge in [0.2, 0.25) is 0 Å². The Bertz CT molecular complexity index is 238. The summed E-state index contributed by atoms with van der Waals surface area (Å²) in [5, 5.41) is 10.2. The molecule has 1 radical (unpaired) electrons. The Hall–Kier alpha value is -1.08. The van der Waals surface area contributed by atoms with Crippen molar-refractivity contribution in [1.82, 2.24) is 0 Å². The van der Waals surface area contributed by atoms with Gasteiger partial charge in [-0.1, -0.05) is 49.4 Å². The van der Waals surface area contributed by atoms with Gasteiger partial charge in [-0.15, -0.1) is 0 Å². The molecule has 0 heterocycles. The fraction of sp³-hybridized carbons (Fsp3) is 0.273. The molecule has 0 fully saturated rings. The second-order valence-corrected chi connectivity index (χ2v) is 2.79. The maximum atomic E-state index is 10.2. The first kappa shape index (κ1) is 9.01. The lowest BCUT2D eigenvalue weighted by Crippen LogP contribution is -1.87. The summed E-state index contributed by atoms with van der Waals surface area (Å²) >= 11 is 0. The van der Waals surface area contributed by atoms with E-state index in [9.17, 15) is 5.11 Å². The minimum atomic E-state index is -0.128. The molecule has 63 valence electrons. The molecule has 1 heteroatoms. The lowest BCUT2D eigenvalue weighted by atomic mass is 10.0. The Morgan fingerprint density at radius 2 is 2.00 bits per heavy atom. The van der Waals surface area contributed by atoms with E-state index in [1.165, 1.54) is 5.56 Å². The van der Waals surface area contributed by atoms with Crippen molar-refractivity contribution in [2.75, 3.05) is 6.61 Å². The third kappa shape index (κ3) is 2.51. The number of hydrogen-bond donors (Lipinski definition) is 0. The lowest BCUT2D eigenvalue weighted by Gasteiger charge is -2.04. The van der Waals surface area contributed by atoms with Crippen LogP contribution in [-0.2, 0) is 5.11 Å². The average Bonchev–Trinajstić information content (AvgIpc) is 2.15. The molecule has 1 nitrogen and oxygen atoms in total. The molecule has 0 N–H and O–H groups in total. The fourth-order valence-corrected chi connectivity index (χ4v) is 1.13. The summed E-state index contributed by atoms with van der Waals surface area (Å²) in [5.41, 5.74) is 1.25. The van der Waals surface area contributed by atoms with Crippen LogP contribution in [-0.4, -0.2) is 6.61 Å². The first-order chi connectivity index (χ1) is 5.84. The Labute approximate surface area is 73.4 Å². The van der Waals surface area contributed by atoms with Crippen molar-refractivity contribution >= 4 is 0 Å². The molecule has 0 aliphatic heterocycles. The van der Waals surface area contributed by atoms with E-state index >= 15 is 0 Å². The molecule has 0 amide bonds. The van der Waals surface area contributed by atoms with Crippen molar-refractivity contribution in [3.05, 3.63) is 48.0 Å². The predicted octanol–water partition coefficient (Wildman–Crippen LogP) is 2.78. The highest BCUT2D eigenvalue weighted by molar-refractivity contribution is 5.22. The molecule has 1 aromatic rings. The number of hydrogen-bond acceptors (Lipinski definition) is 0. The summed E-state index contributed by atoms with van der Waals surface area (Å²) in [6, 6.07) is 10.2. The standard InChI is InChI=1S/C11H13O/c1-10(6-5-9-12)11-7-3-2-4-8-11/h2-8,10H,9H2,1H3. The molecule has 0 saturated heterocycles. The minimum Gasteiger partial charge on any atom is -0.232 e. The first-order valence-corrected chi connectivity index (χ1v) is 4.14. The molecule has 0 aliphatic rings. The topological polar surface area (TPSA) is 19.9 Å². The summed E-state index contributed by atoms with van der Waals surface area (Å²) in [6.07, 6.45) is 3.61. The van der Waals surface area contributed by atoms with Crippen LogP contribution in [0, 0.1) is 0 Å². The van der Waals surface area contributed by atoms with E-state index in [-0.39, 0.29) is 6.61 Å². The lowest BCUT2D eigenvalue weighted by molar-refractivity contribution is 0.232. The third-order valence-electron chi connectivity index (χ3n) is 1.85. The molecule has 0 saturated carbocycles. The summed E-state index contributed by atoms with van der Waals surface area (Å²) in [4.78, 5) is 0. The van der Waals surface area contributed by atoms with Crippen molar-refractivity contribution in [2.45, 2.75) is 12.8 Å². The van der Waals surface area contributed by atoms with E-state index in [0.29, 0.717) is 5.92 Å². The largest absolute Gasteiger partial charge is 0.232 e. The van der Waals surface area contributed by atoms with Gasteiger partial charge in [-0.2, -0.15) is 0 Å². The van der Waals surface area contributed by atoms with Crippen LogP contribution < -0.4 is 0 Å². The smallest absolute Gasteiger partial charge is 0.100 e. The number of rotatable bonds is 3. The highest BCUT2D eigenvalue weighted by atomic mass is 16.2. The SMILES string of the molecule is CC(C=CC[O])c1ccccc1. The molecular weight excluding hydrogens is 148 g/mol. The molecule has 1 rings (SSSR count). The minimum absolute atomic E-state index is 0.128. The van der Waals surface area contributed by atoms with Gasteiger partial charge >= 0.3 is 0 Å². The van der Waals surface area contributed by atoms with Crippen LogP contribution >= 0.6 is 0 Å². The Morgan fingerprint density at radius 3 is 2.58 bits per heavy atom. The second-order valence-electron chi connectivity index (χ2n) is 2.79. The summed E-state index contributed by atoms with van der Waals surface area (Å²) in [7, 11) is 0. The van der Waals surface area contributed by atoms with Crippen LogP contribution in [0.4, 0.5) is 0 Å². The summed E-state index contributed by atoms with van der Waals surface area (Å²) in [6.45, 7) is 1.96. The zero-order chi connectivity index (χ0) is 8.81. The van der Waals surface area contributed by atoms with Gasteiger partial charge in [-0.25, -0.2) is 5.11 Å². The van der Waals surface area contributed by atoms with E-state index in [2.05, 4.69) is 19.1 Å². The van der Waals surface area contributed by atoms with E-state index in [4.69, 9.17) is 0 Å². The van der Waals surface area contributed by atoms with Crippen molar-refractivity contribution in [1.29, 1.82) is 0 Å². The van der Waals surface area contributed by atoms with E-state index in [0.717, 1.165) is 0 Å². The van der Waals surface area contributed by atoms with E-state index in [1.54, 1.807) is 6.08 Å². The van der Waals surface area contributed by atoms with Crippen molar-refractivity contribution in [3.8, 4) is 0 Å². The second kappa shape index (κ2) is 4.73.